The molecule has 13 heteroatoms. The maximum absolute atomic E-state index is 13.3. The number of amides is 1. The molecule has 0 aliphatic heterocycles. The molecule has 4 heterocycles. The minimum absolute atomic E-state index is 0.00266. The number of halogens is 4. The first-order valence-corrected chi connectivity index (χ1v) is 12.4. The van der Waals surface area contributed by atoms with E-state index >= 15 is 0 Å². The average Bonchev–Trinajstić information content (AvgIpc) is 3.60. The number of carbonyl (C=O) groups is 1. The van der Waals surface area contributed by atoms with E-state index in [1.54, 1.807) is 35.8 Å². The molecule has 3 N–H and O–H groups in total. The van der Waals surface area contributed by atoms with Crippen molar-refractivity contribution in [1.29, 1.82) is 0 Å². The molecular weight excluding hydrogens is 522 g/mol. The van der Waals surface area contributed by atoms with Gasteiger partial charge in [-0.3, -0.25) is 9.48 Å². The Labute approximate surface area is 217 Å². The Kier molecular flexibility index (Phi) is 6.61. The molecular formula is C25H21F4N7OS. The Morgan fingerprint density at radius 1 is 1.13 bits per heavy atom. The standard InChI is InChI=1S/C25H21F4N7OS/c1-2-20(14-3-5-18(26)6-4-14)32-23(37)21-8-16(12-38-21)15-7-19(22-33-24(30)34-36(22)11-15)17-9-31-35(10-17)13-25(27,28)29/h3-12,20H,2,13H2,1H3,(H2,30,34)(H,32,37)/t20-/m0/s1. The van der Waals surface area contributed by atoms with Gasteiger partial charge in [-0.25, -0.2) is 8.91 Å². The Hall–Kier alpha value is -4.26. The van der Waals surface area contributed by atoms with Gasteiger partial charge in [0, 0.05) is 29.1 Å². The lowest BCUT2D eigenvalue weighted by Crippen LogP contribution is -2.27. The molecule has 8 nitrogen and oxygen atoms in total. The molecule has 1 amide bonds. The van der Waals surface area contributed by atoms with Crippen LogP contribution in [0.3, 0.4) is 0 Å². The van der Waals surface area contributed by atoms with Gasteiger partial charge in [-0.1, -0.05) is 19.1 Å². The largest absolute Gasteiger partial charge is 0.408 e. The highest BCUT2D eigenvalue weighted by Gasteiger charge is 2.28. The van der Waals surface area contributed by atoms with Crippen LogP contribution in [0, 0.1) is 5.82 Å². The van der Waals surface area contributed by atoms with E-state index in [1.165, 1.54) is 40.4 Å². The average molecular weight is 544 g/mol. The molecule has 5 aromatic rings. The topological polar surface area (TPSA) is 103 Å². The van der Waals surface area contributed by atoms with Gasteiger partial charge in [0.1, 0.15) is 12.4 Å². The van der Waals surface area contributed by atoms with Crippen molar-refractivity contribution in [2.45, 2.75) is 32.1 Å². The summed E-state index contributed by atoms with van der Waals surface area (Å²) in [4.78, 5) is 17.7. The number of benzene rings is 1. The smallest absolute Gasteiger partial charge is 0.366 e. The van der Waals surface area contributed by atoms with Gasteiger partial charge in [0.05, 0.1) is 17.1 Å². The van der Waals surface area contributed by atoms with E-state index < -0.39 is 12.7 Å². The molecule has 0 unspecified atom stereocenters. The van der Waals surface area contributed by atoms with Crippen LogP contribution in [0.2, 0.25) is 0 Å². The fraction of sp³-hybridized carbons (Fsp3) is 0.200. The summed E-state index contributed by atoms with van der Waals surface area (Å²) in [6, 6.07) is 9.16. The number of carbonyl (C=O) groups excluding carboxylic acids is 1. The Morgan fingerprint density at radius 3 is 2.61 bits per heavy atom. The molecule has 1 aromatic carbocycles. The minimum atomic E-state index is -4.42. The number of nitrogens with two attached hydrogens (primary N) is 1. The molecule has 5 rings (SSSR count). The fourth-order valence-corrected chi connectivity index (χ4v) is 4.92. The Bertz CT molecular complexity index is 1600. The predicted molar refractivity (Wildman–Crippen MR) is 135 cm³/mol. The third kappa shape index (κ3) is 5.37. The SMILES string of the molecule is CC[C@H](NC(=O)c1cc(-c2cc(-c3cnn(CC(F)(F)F)c3)c3nc(N)nn3c2)cs1)c1ccc(F)cc1. The molecule has 0 saturated carbocycles. The van der Waals surface area contributed by atoms with Gasteiger partial charge in [-0.05, 0) is 47.2 Å². The highest BCUT2D eigenvalue weighted by Crippen LogP contribution is 2.33. The molecule has 0 aliphatic rings. The molecule has 38 heavy (non-hydrogen) atoms. The molecule has 0 saturated heterocycles. The number of hydrogen-bond acceptors (Lipinski definition) is 6. The second-order valence-corrected chi connectivity index (χ2v) is 9.52. The summed E-state index contributed by atoms with van der Waals surface area (Å²) >= 11 is 1.24. The predicted octanol–water partition coefficient (Wildman–Crippen LogP) is 5.49. The maximum Gasteiger partial charge on any atom is 0.408 e. The molecule has 0 spiro atoms. The summed E-state index contributed by atoms with van der Waals surface area (Å²) in [5.74, 6) is -0.629. The molecule has 0 radical (unpaired) electrons. The van der Waals surface area contributed by atoms with E-state index in [4.69, 9.17) is 5.73 Å². The third-order valence-corrected chi connectivity index (χ3v) is 6.81. The third-order valence-electron chi connectivity index (χ3n) is 5.88. The maximum atomic E-state index is 13.3. The number of rotatable bonds is 7. The number of aromatic nitrogens is 5. The van der Waals surface area contributed by atoms with E-state index in [1.807, 2.05) is 6.92 Å². The van der Waals surface area contributed by atoms with E-state index in [2.05, 4.69) is 20.5 Å². The van der Waals surface area contributed by atoms with Crippen molar-refractivity contribution in [2.75, 3.05) is 5.73 Å². The van der Waals surface area contributed by atoms with Crippen LogP contribution in [0.4, 0.5) is 23.5 Å². The number of thiophene rings is 1. The summed E-state index contributed by atoms with van der Waals surface area (Å²) in [6.45, 7) is 0.697. The van der Waals surface area contributed by atoms with Crippen LogP contribution in [0.1, 0.15) is 34.6 Å². The zero-order valence-electron chi connectivity index (χ0n) is 19.9. The van der Waals surface area contributed by atoms with E-state index in [-0.39, 0.29) is 23.7 Å². The molecule has 196 valence electrons. The number of nitrogens with zero attached hydrogens (tertiary/aromatic N) is 5. The van der Waals surface area contributed by atoms with E-state index in [0.717, 1.165) is 10.2 Å². The van der Waals surface area contributed by atoms with Crippen molar-refractivity contribution < 1.29 is 22.4 Å². The molecule has 0 aliphatic carbocycles. The highest BCUT2D eigenvalue weighted by molar-refractivity contribution is 7.12. The van der Waals surface area contributed by atoms with E-state index in [0.29, 0.717) is 39.2 Å². The van der Waals surface area contributed by atoms with Gasteiger partial charge in [-0.2, -0.15) is 23.3 Å². The van der Waals surface area contributed by atoms with Crippen LogP contribution in [-0.4, -0.2) is 36.5 Å². The number of nitrogen functional groups attached to an aromatic ring is 1. The molecule has 0 fully saturated rings. The number of anilines is 1. The van der Waals surface area contributed by atoms with Gasteiger partial charge in [0.25, 0.3) is 5.91 Å². The van der Waals surface area contributed by atoms with Crippen molar-refractivity contribution in [3.05, 3.63) is 76.6 Å². The van der Waals surface area contributed by atoms with Crippen molar-refractivity contribution in [1.82, 2.24) is 29.7 Å². The van der Waals surface area contributed by atoms with Crippen molar-refractivity contribution in [3.8, 4) is 22.3 Å². The van der Waals surface area contributed by atoms with E-state index in [9.17, 15) is 22.4 Å². The summed E-state index contributed by atoms with van der Waals surface area (Å²) in [5, 5.41) is 12.8. The monoisotopic (exact) mass is 543 g/mol. The Balaban J connectivity index is 1.44. The first-order chi connectivity index (χ1) is 18.1. The molecule has 1 atom stereocenters. The lowest BCUT2D eigenvalue weighted by molar-refractivity contribution is -0.142. The summed E-state index contributed by atoms with van der Waals surface area (Å²) in [7, 11) is 0. The normalized spacial score (nSPS) is 12.7. The number of hydrogen-bond donors (Lipinski definition) is 2. The van der Waals surface area contributed by atoms with Crippen LogP contribution in [0.25, 0.3) is 27.9 Å². The highest BCUT2D eigenvalue weighted by atomic mass is 32.1. The summed E-state index contributed by atoms with van der Waals surface area (Å²) in [5.41, 5.74) is 9.20. The number of pyridine rings is 1. The van der Waals surface area contributed by atoms with Crippen LogP contribution in [-0.2, 0) is 6.54 Å². The van der Waals surface area contributed by atoms with Crippen molar-refractivity contribution in [2.24, 2.45) is 0 Å². The summed E-state index contributed by atoms with van der Waals surface area (Å²) in [6.07, 6.45) is 0.485. The lowest BCUT2D eigenvalue weighted by Gasteiger charge is -2.17. The van der Waals surface area contributed by atoms with Crippen LogP contribution >= 0.6 is 11.3 Å². The van der Waals surface area contributed by atoms with Crippen molar-refractivity contribution in [3.63, 3.8) is 0 Å². The van der Waals surface area contributed by atoms with Crippen LogP contribution < -0.4 is 11.1 Å². The lowest BCUT2D eigenvalue weighted by atomic mass is 10.0. The summed E-state index contributed by atoms with van der Waals surface area (Å²) < 4.78 is 54.0. The first kappa shape index (κ1) is 25.4. The number of alkyl halides is 3. The van der Waals surface area contributed by atoms with Crippen molar-refractivity contribution >= 4 is 28.8 Å². The van der Waals surface area contributed by atoms with Gasteiger partial charge >= 0.3 is 6.18 Å². The Morgan fingerprint density at radius 2 is 1.89 bits per heavy atom. The first-order valence-electron chi connectivity index (χ1n) is 11.5. The van der Waals surface area contributed by atoms with Crippen LogP contribution in [0.15, 0.2) is 60.4 Å². The van der Waals surface area contributed by atoms with Gasteiger partial charge < -0.3 is 11.1 Å². The number of nitrogens with one attached hydrogen (secondary N) is 1. The quantitative estimate of drug-likeness (QED) is 0.265. The zero-order valence-corrected chi connectivity index (χ0v) is 20.7. The van der Waals surface area contributed by atoms with Gasteiger partial charge in [0.2, 0.25) is 5.95 Å². The molecule has 0 bridgehead atoms. The second-order valence-electron chi connectivity index (χ2n) is 8.61. The van der Waals surface area contributed by atoms with Crippen LogP contribution in [0.5, 0.6) is 0 Å². The minimum Gasteiger partial charge on any atom is -0.366 e. The van der Waals surface area contributed by atoms with Gasteiger partial charge in [-0.15, -0.1) is 16.4 Å². The van der Waals surface area contributed by atoms with Gasteiger partial charge in [0.15, 0.2) is 5.65 Å². The number of fused-ring (bicyclic) bond motifs is 1. The second kappa shape index (κ2) is 9.89. The molecule has 4 aromatic heterocycles. The fourth-order valence-electron chi connectivity index (χ4n) is 4.10. The zero-order chi connectivity index (χ0) is 27.0.